The van der Waals surface area contributed by atoms with E-state index in [0.29, 0.717) is 15.9 Å². The Morgan fingerprint density at radius 1 is 0.941 bits per heavy atom. The van der Waals surface area contributed by atoms with Crippen LogP contribution in [-0.2, 0) is 12.8 Å². The molecule has 17 heavy (non-hydrogen) atoms. The summed E-state index contributed by atoms with van der Waals surface area (Å²) in [6.45, 7) is 0. The second-order valence-corrected chi connectivity index (χ2v) is 4.65. The van der Waals surface area contributed by atoms with Crippen LogP contribution in [0.25, 0.3) is 0 Å². The van der Waals surface area contributed by atoms with Gasteiger partial charge in [0.25, 0.3) is 0 Å². The lowest BCUT2D eigenvalue weighted by atomic mass is 10.1. The van der Waals surface area contributed by atoms with Gasteiger partial charge in [-0.2, -0.15) is 0 Å². The smallest absolute Gasteiger partial charge is 0.123 e. The number of hydrogen-bond donors (Lipinski definition) is 1. The van der Waals surface area contributed by atoms with Crippen molar-refractivity contribution in [3.63, 3.8) is 0 Å². The quantitative estimate of drug-likeness (QED) is 0.919. The third-order valence-electron chi connectivity index (χ3n) is 2.53. The molecule has 0 aliphatic rings. The van der Waals surface area contributed by atoms with Gasteiger partial charge in [-0.3, -0.25) is 0 Å². The van der Waals surface area contributed by atoms with Gasteiger partial charge in [0.15, 0.2) is 0 Å². The summed E-state index contributed by atoms with van der Waals surface area (Å²) in [6.07, 6.45) is 3.53. The summed E-state index contributed by atoms with van der Waals surface area (Å²) >= 11 is 11.8. The maximum absolute atomic E-state index is 5.96. The van der Waals surface area contributed by atoms with E-state index in [4.69, 9.17) is 28.9 Å². The van der Waals surface area contributed by atoms with Crippen molar-refractivity contribution in [3.05, 3.63) is 57.7 Å². The summed E-state index contributed by atoms with van der Waals surface area (Å²) in [6, 6.07) is 9.55. The van der Waals surface area contributed by atoms with Gasteiger partial charge < -0.3 is 5.73 Å². The number of nitrogen functional groups attached to an aromatic ring is 1. The molecule has 1 aromatic heterocycles. The molecule has 0 unspecified atom stereocenters. The third kappa shape index (κ3) is 3.35. The number of pyridine rings is 1. The van der Waals surface area contributed by atoms with E-state index in [1.165, 1.54) is 5.56 Å². The zero-order valence-electron chi connectivity index (χ0n) is 9.16. The molecule has 2 rings (SSSR count). The number of rotatable bonds is 3. The SMILES string of the molecule is Nc1cc(CCc2ccc(Cl)c(Cl)c2)ccn1. The summed E-state index contributed by atoms with van der Waals surface area (Å²) in [7, 11) is 0. The second kappa shape index (κ2) is 5.39. The fourth-order valence-corrected chi connectivity index (χ4v) is 1.95. The molecule has 2 aromatic rings. The van der Waals surface area contributed by atoms with Crippen molar-refractivity contribution < 1.29 is 0 Å². The minimum atomic E-state index is 0.552. The van der Waals surface area contributed by atoms with E-state index in [-0.39, 0.29) is 0 Å². The molecule has 88 valence electrons. The number of anilines is 1. The molecular formula is C13H12Cl2N2. The fourth-order valence-electron chi connectivity index (χ4n) is 1.63. The van der Waals surface area contributed by atoms with E-state index < -0.39 is 0 Å². The highest BCUT2D eigenvalue weighted by Crippen LogP contribution is 2.23. The normalized spacial score (nSPS) is 10.5. The van der Waals surface area contributed by atoms with Crippen LogP contribution in [-0.4, -0.2) is 4.98 Å². The zero-order chi connectivity index (χ0) is 12.3. The highest BCUT2D eigenvalue weighted by atomic mass is 35.5. The summed E-state index contributed by atoms with van der Waals surface area (Å²) in [5.41, 5.74) is 7.95. The Bertz CT molecular complexity index is 527. The summed E-state index contributed by atoms with van der Waals surface area (Å²) in [5.74, 6) is 0.552. The Balaban J connectivity index is 2.05. The Kier molecular flexibility index (Phi) is 3.87. The number of nitrogens with zero attached hydrogens (tertiary/aromatic N) is 1. The number of benzene rings is 1. The standard InChI is InChI=1S/C13H12Cl2N2/c14-11-4-3-9(7-12(11)15)1-2-10-5-6-17-13(16)8-10/h3-8H,1-2H2,(H2,16,17). The molecule has 2 N–H and O–H groups in total. The molecule has 1 aromatic carbocycles. The molecule has 0 fully saturated rings. The molecule has 0 saturated carbocycles. The lowest BCUT2D eigenvalue weighted by Gasteiger charge is -2.04. The highest BCUT2D eigenvalue weighted by molar-refractivity contribution is 6.42. The average Bonchev–Trinajstić information content (AvgIpc) is 2.31. The van der Waals surface area contributed by atoms with Crippen molar-refractivity contribution in [2.45, 2.75) is 12.8 Å². The Morgan fingerprint density at radius 2 is 1.65 bits per heavy atom. The molecule has 0 bridgehead atoms. The maximum Gasteiger partial charge on any atom is 0.123 e. The van der Waals surface area contributed by atoms with Crippen LogP contribution >= 0.6 is 23.2 Å². The minimum Gasteiger partial charge on any atom is -0.384 e. The monoisotopic (exact) mass is 266 g/mol. The largest absolute Gasteiger partial charge is 0.384 e. The van der Waals surface area contributed by atoms with Crippen molar-refractivity contribution in [2.75, 3.05) is 5.73 Å². The van der Waals surface area contributed by atoms with Crippen molar-refractivity contribution >= 4 is 29.0 Å². The molecule has 0 aliphatic carbocycles. The molecular weight excluding hydrogens is 255 g/mol. The first kappa shape index (κ1) is 12.2. The Morgan fingerprint density at radius 3 is 2.29 bits per heavy atom. The Labute approximate surface area is 110 Å². The van der Waals surface area contributed by atoms with Gasteiger partial charge in [-0.15, -0.1) is 0 Å². The van der Waals surface area contributed by atoms with E-state index >= 15 is 0 Å². The summed E-state index contributed by atoms with van der Waals surface area (Å²) < 4.78 is 0. The number of halogens is 2. The average molecular weight is 267 g/mol. The van der Waals surface area contributed by atoms with Crippen LogP contribution in [0.15, 0.2) is 36.5 Å². The van der Waals surface area contributed by atoms with Crippen molar-refractivity contribution in [3.8, 4) is 0 Å². The topological polar surface area (TPSA) is 38.9 Å². The van der Waals surface area contributed by atoms with Gasteiger partial charge in [0, 0.05) is 6.20 Å². The van der Waals surface area contributed by atoms with Gasteiger partial charge in [0.1, 0.15) is 5.82 Å². The Hall–Kier alpha value is -1.25. The van der Waals surface area contributed by atoms with Gasteiger partial charge in [0.05, 0.1) is 10.0 Å². The van der Waals surface area contributed by atoms with Crippen LogP contribution in [0.4, 0.5) is 5.82 Å². The predicted octanol–water partition coefficient (Wildman–Crippen LogP) is 3.76. The fraction of sp³-hybridized carbons (Fsp3) is 0.154. The van der Waals surface area contributed by atoms with E-state index in [2.05, 4.69) is 4.98 Å². The van der Waals surface area contributed by atoms with E-state index in [1.807, 2.05) is 30.3 Å². The first-order chi connectivity index (χ1) is 8.15. The molecule has 0 spiro atoms. The molecule has 0 aliphatic heterocycles. The number of nitrogens with two attached hydrogens (primary N) is 1. The molecule has 2 nitrogen and oxygen atoms in total. The van der Waals surface area contributed by atoms with E-state index in [0.717, 1.165) is 18.4 Å². The number of aromatic nitrogens is 1. The first-order valence-electron chi connectivity index (χ1n) is 5.29. The van der Waals surface area contributed by atoms with Crippen molar-refractivity contribution in [2.24, 2.45) is 0 Å². The third-order valence-corrected chi connectivity index (χ3v) is 3.27. The highest BCUT2D eigenvalue weighted by Gasteiger charge is 2.01. The summed E-state index contributed by atoms with van der Waals surface area (Å²) in [4.78, 5) is 3.96. The van der Waals surface area contributed by atoms with Gasteiger partial charge in [0.2, 0.25) is 0 Å². The van der Waals surface area contributed by atoms with Gasteiger partial charge >= 0.3 is 0 Å². The van der Waals surface area contributed by atoms with E-state index in [9.17, 15) is 0 Å². The van der Waals surface area contributed by atoms with Crippen LogP contribution in [0.3, 0.4) is 0 Å². The maximum atomic E-state index is 5.96. The molecule has 0 saturated heterocycles. The molecule has 0 amide bonds. The lowest BCUT2D eigenvalue weighted by Crippen LogP contribution is -1.95. The van der Waals surface area contributed by atoms with Gasteiger partial charge in [-0.25, -0.2) is 4.98 Å². The molecule has 4 heteroatoms. The molecule has 1 heterocycles. The predicted molar refractivity (Wildman–Crippen MR) is 72.5 cm³/mol. The summed E-state index contributed by atoms with van der Waals surface area (Å²) in [5, 5.41) is 1.18. The number of aryl methyl sites for hydroxylation is 2. The lowest BCUT2D eigenvalue weighted by molar-refractivity contribution is 0.957. The number of hydrogen-bond acceptors (Lipinski definition) is 2. The first-order valence-corrected chi connectivity index (χ1v) is 6.05. The van der Waals surface area contributed by atoms with Crippen molar-refractivity contribution in [1.82, 2.24) is 4.98 Å². The van der Waals surface area contributed by atoms with E-state index in [1.54, 1.807) is 6.20 Å². The van der Waals surface area contributed by atoms with Crippen LogP contribution in [0.1, 0.15) is 11.1 Å². The molecule has 0 atom stereocenters. The second-order valence-electron chi connectivity index (χ2n) is 3.84. The minimum absolute atomic E-state index is 0.552. The van der Waals surface area contributed by atoms with Crippen LogP contribution in [0, 0.1) is 0 Å². The van der Waals surface area contributed by atoms with Crippen LogP contribution < -0.4 is 5.73 Å². The van der Waals surface area contributed by atoms with Crippen LogP contribution in [0.5, 0.6) is 0 Å². The molecule has 0 radical (unpaired) electrons. The zero-order valence-corrected chi connectivity index (χ0v) is 10.7. The van der Waals surface area contributed by atoms with Gasteiger partial charge in [-0.1, -0.05) is 29.3 Å². The van der Waals surface area contributed by atoms with Crippen LogP contribution in [0.2, 0.25) is 10.0 Å². The van der Waals surface area contributed by atoms with Crippen molar-refractivity contribution in [1.29, 1.82) is 0 Å². The van der Waals surface area contributed by atoms with Gasteiger partial charge in [-0.05, 0) is 48.2 Å².